The summed E-state index contributed by atoms with van der Waals surface area (Å²) >= 11 is 0. The van der Waals surface area contributed by atoms with Crippen molar-refractivity contribution in [1.82, 2.24) is 25.2 Å². The fourth-order valence-corrected chi connectivity index (χ4v) is 3.31. The third kappa shape index (κ3) is 4.16. The maximum Gasteiger partial charge on any atom is 0.320 e. The predicted molar refractivity (Wildman–Crippen MR) is 92.8 cm³/mol. The topological polar surface area (TPSA) is 137 Å². The van der Waals surface area contributed by atoms with E-state index in [4.69, 9.17) is 10.8 Å². The van der Waals surface area contributed by atoms with Crippen LogP contribution in [0.15, 0.2) is 53.7 Å². The quantitative estimate of drug-likeness (QED) is 0.605. The molecule has 0 saturated heterocycles. The molecular weight excluding hydrogens is 356 g/mol. The van der Waals surface area contributed by atoms with Crippen LogP contribution >= 0.6 is 0 Å². The first-order valence-corrected chi connectivity index (χ1v) is 9.02. The largest absolute Gasteiger partial charge is 0.480 e. The Morgan fingerprint density at radius 2 is 1.88 bits per heavy atom. The molecule has 1 aromatic carbocycles. The van der Waals surface area contributed by atoms with Crippen molar-refractivity contribution in [2.24, 2.45) is 5.73 Å². The molecule has 134 valence electrons. The number of carbonyl (C=O) groups is 1. The summed E-state index contributed by atoms with van der Waals surface area (Å²) in [7, 11) is -1.53. The summed E-state index contributed by atoms with van der Waals surface area (Å²) in [4.78, 5) is 15.2. The number of tetrazole rings is 1. The molecule has 1 unspecified atom stereocenters. The van der Waals surface area contributed by atoms with Crippen LogP contribution in [-0.4, -0.2) is 46.5 Å². The normalized spacial score (nSPS) is 13.3. The first-order chi connectivity index (χ1) is 12.5. The van der Waals surface area contributed by atoms with Crippen molar-refractivity contribution in [2.75, 3.05) is 0 Å². The number of carboxylic acid groups (broad SMARTS) is 1. The zero-order valence-electron chi connectivity index (χ0n) is 13.6. The van der Waals surface area contributed by atoms with Gasteiger partial charge in [0, 0.05) is 12.1 Å². The molecule has 0 fully saturated rings. The molecule has 0 bridgehead atoms. The highest BCUT2D eigenvalue weighted by atomic mass is 32.2. The van der Waals surface area contributed by atoms with Crippen molar-refractivity contribution >= 4 is 16.8 Å². The van der Waals surface area contributed by atoms with E-state index >= 15 is 0 Å². The Kier molecular flexibility index (Phi) is 5.44. The van der Waals surface area contributed by atoms with Gasteiger partial charge in [-0.2, -0.15) is 4.68 Å². The number of hydrogen-bond acceptors (Lipinski definition) is 7. The highest BCUT2D eigenvalue weighted by Crippen LogP contribution is 2.13. The minimum Gasteiger partial charge on any atom is -0.480 e. The van der Waals surface area contributed by atoms with Gasteiger partial charge in [0.15, 0.2) is 0 Å². The molecular formula is C16H16N6O3S. The first-order valence-electron chi connectivity index (χ1n) is 7.70. The van der Waals surface area contributed by atoms with Crippen molar-refractivity contribution in [2.45, 2.75) is 23.4 Å². The highest BCUT2D eigenvalue weighted by Gasteiger charge is 2.17. The van der Waals surface area contributed by atoms with Crippen LogP contribution in [0.2, 0.25) is 0 Å². The lowest BCUT2D eigenvalue weighted by Gasteiger charge is -2.08. The fourth-order valence-electron chi connectivity index (χ4n) is 2.29. The van der Waals surface area contributed by atoms with E-state index in [-0.39, 0.29) is 17.3 Å². The van der Waals surface area contributed by atoms with E-state index in [0.29, 0.717) is 17.1 Å². The highest BCUT2D eigenvalue weighted by molar-refractivity contribution is 7.84. The zero-order valence-corrected chi connectivity index (χ0v) is 14.4. The number of para-hydroxylation sites is 1. The van der Waals surface area contributed by atoms with Crippen molar-refractivity contribution in [3.63, 3.8) is 0 Å². The second-order valence-corrected chi connectivity index (χ2v) is 6.81. The van der Waals surface area contributed by atoms with Crippen LogP contribution in [0.1, 0.15) is 11.4 Å². The van der Waals surface area contributed by atoms with Gasteiger partial charge < -0.3 is 10.8 Å². The molecule has 3 aromatic rings. The number of nitrogens with two attached hydrogens (primary N) is 1. The van der Waals surface area contributed by atoms with Crippen LogP contribution in [0.4, 0.5) is 0 Å². The number of aliphatic carboxylic acids is 1. The minimum atomic E-state index is -1.53. The average Bonchev–Trinajstić information content (AvgIpc) is 3.12. The molecule has 2 atom stereocenters. The molecule has 0 radical (unpaired) electrons. The van der Waals surface area contributed by atoms with E-state index in [1.54, 1.807) is 18.2 Å². The van der Waals surface area contributed by atoms with E-state index in [9.17, 15) is 9.00 Å². The molecule has 3 rings (SSSR count). The first kappa shape index (κ1) is 17.8. The molecule has 2 heterocycles. The molecule has 26 heavy (non-hydrogen) atoms. The van der Waals surface area contributed by atoms with Crippen LogP contribution in [0, 0.1) is 0 Å². The summed E-state index contributed by atoms with van der Waals surface area (Å²) in [6.45, 7) is 0. The van der Waals surface area contributed by atoms with E-state index in [2.05, 4.69) is 20.5 Å². The molecule has 10 heteroatoms. The van der Waals surface area contributed by atoms with E-state index in [1.165, 1.54) is 4.68 Å². The molecule has 0 saturated carbocycles. The zero-order chi connectivity index (χ0) is 18.5. The van der Waals surface area contributed by atoms with Gasteiger partial charge >= 0.3 is 5.97 Å². The molecule has 2 aromatic heterocycles. The average molecular weight is 372 g/mol. The Hall–Kier alpha value is -2.98. The van der Waals surface area contributed by atoms with Gasteiger partial charge in [-0.25, -0.2) is 0 Å². The number of pyridine rings is 1. The fraction of sp³-hybridized carbons (Fsp3) is 0.188. The summed E-state index contributed by atoms with van der Waals surface area (Å²) in [6.07, 6.45) is 0.0948. The smallest absolute Gasteiger partial charge is 0.320 e. The third-order valence-electron chi connectivity index (χ3n) is 3.53. The van der Waals surface area contributed by atoms with Gasteiger partial charge in [-0.15, -0.1) is 0 Å². The lowest BCUT2D eigenvalue weighted by atomic mass is 10.1. The molecule has 0 aliphatic heterocycles. The van der Waals surface area contributed by atoms with Crippen LogP contribution < -0.4 is 5.73 Å². The lowest BCUT2D eigenvalue weighted by molar-refractivity contribution is -0.138. The molecule has 0 spiro atoms. The standard InChI is InChI=1S/C16H16N6O3S/c17-14(15(23)24)9-11-5-4-6-12(18-11)10-26(25)16-19-20-21-22(16)13-7-2-1-3-8-13/h1-8,14H,9-10,17H2,(H,23,24)/t14-,26?/m0/s1. The summed E-state index contributed by atoms with van der Waals surface area (Å²) in [6, 6.07) is 13.2. The van der Waals surface area contributed by atoms with Gasteiger partial charge in [0.05, 0.1) is 27.9 Å². The Bertz CT molecular complexity index is 930. The number of carboxylic acids is 1. The summed E-state index contributed by atoms with van der Waals surface area (Å²) in [5.41, 5.74) is 7.30. The number of benzene rings is 1. The van der Waals surface area contributed by atoms with Crippen LogP contribution in [0.5, 0.6) is 0 Å². The second-order valence-electron chi connectivity index (χ2n) is 5.47. The SMILES string of the molecule is N[C@@H](Cc1cccc(CS(=O)c2nnnn2-c2ccccc2)n1)C(=O)O. The van der Waals surface area contributed by atoms with Crippen molar-refractivity contribution in [1.29, 1.82) is 0 Å². The molecule has 9 nitrogen and oxygen atoms in total. The summed E-state index contributed by atoms with van der Waals surface area (Å²) in [5.74, 6) is -0.994. The second kappa shape index (κ2) is 7.93. The van der Waals surface area contributed by atoms with E-state index in [1.807, 2.05) is 30.3 Å². The number of hydrogen-bond donors (Lipinski definition) is 2. The lowest BCUT2D eigenvalue weighted by Crippen LogP contribution is -2.32. The maximum atomic E-state index is 12.7. The number of rotatable bonds is 7. The Labute approximate surface area is 151 Å². The third-order valence-corrected chi connectivity index (χ3v) is 4.75. The van der Waals surface area contributed by atoms with Crippen LogP contribution in [0.25, 0.3) is 5.69 Å². The van der Waals surface area contributed by atoms with Crippen molar-refractivity contribution in [3.8, 4) is 5.69 Å². The molecule has 3 N–H and O–H groups in total. The summed E-state index contributed by atoms with van der Waals surface area (Å²) in [5, 5.41) is 20.5. The predicted octanol–water partition coefficient (Wildman–Crippen LogP) is 0.319. The molecule has 0 aliphatic carbocycles. The van der Waals surface area contributed by atoms with E-state index < -0.39 is 22.8 Å². The number of aromatic nitrogens is 5. The van der Waals surface area contributed by atoms with Gasteiger partial charge in [-0.05, 0) is 34.7 Å². The molecule has 0 aliphatic rings. The van der Waals surface area contributed by atoms with Gasteiger partial charge in [-0.1, -0.05) is 29.4 Å². The minimum absolute atomic E-state index is 0.0948. The van der Waals surface area contributed by atoms with Crippen molar-refractivity contribution < 1.29 is 14.1 Å². The van der Waals surface area contributed by atoms with Crippen molar-refractivity contribution in [3.05, 3.63) is 59.9 Å². The Balaban J connectivity index is 1.77. The molecule has 0 amide bonds. The van der Waals surface area contributed by atoms with Gasteiger partial charge in [-0.3, -0.25) is 14.0 Å². The summed E-state index contributed by atoms with van der Waals surface area (Å²) < 4.78 is 14.1. The van der Waals surface area contributed by atoms with Crippen LogP contribution in [0.3, 0.4) is 0 Å². The Morgan fingerprint density at radius 1 is 1.15 bits per heavy atom. The van der Waals surface area contributed by atoms with Gasteiger partial charge in [0.2, 0.25) is 5.16 Å². The van der Waals surface area contributed by atoms with Gasteiger partial charge in [0.25, 0.3) is 0 Å². The van der Waals surface area contributed by atoms with Crippen LogP contribution in [-0.2, 0) is 27.8 Å². The monoisotopic (exact) mass is 372 g/mol. The van der Waals surface area contributed by atoms with Gasteiger partial charge in [0.1, 0.15) is 6.04 Å². The van der Waals surface area contributed by atoms with E-state index in [0.717, 1.165) is 0 Å². The Morgan fingerprint density at radius 3 is 2.62 bits per heavy atom. The number of nitrogens with zero attached hydrogens (tertiary/aromatic N) is 5. The maximum absolute atomic E-state index is 12.7.